The SMILES string of the molecule is C=C1C(C)(C)[C@@H]2CC[C@@]1(C(=O)N1CCC(CCN3CCCC3=O)CC1)C2. The average Bonchev–Trinajstić information content (AvgIpc) is 3.30. The van der Waals surface area contributed by atoms with E-state index >= 15 is 0 Å². The van der Waals surface area contributed by atoms with Crippen LogP contribution in [0.3, 0.4) is 0 Å². The first kappa shape index (κ1) is 18.1. The lowest BCUT2D eigenvalue weighted by Gasteiger charge is -2.41. The van der Waals surface area contributed by atoms with Gasteiger partial charge in [-0.15, -0.1) is 0 Å². The highest BCUT2D eigenvalue weighted by Crippen LogP contribution is 2.66. The first-order valence-electron chi connectivity index (χ1n) is 10.6. The van der Waals surface area contributed by atoms with Crippen molar-refractivity contribution in [1.82, 2.24) is 9.80 Å². The summed E-state index contributed by atoms with van der Waals surface area (Å²) in [5.41, 5.74) is 1.05. The molecule has 0 aromatic rings. The molecule has 2 amide bonds. The van der Waals surface area contributed by atoms with Gasteiger partial charge in [-0.1, -0.05) is 26.0 Å². The Bertz CT molecular complexity index is 618. The van der Waals surface area contributed by atoms with E-state index < -0.39 is 0 Å². The van der Waals surface area contributed by atoms with Gasteiger partial charge in [0.2, 0.25) is 11.8 Å². The summed E-state index contributed by atoms with van der Waals surface area (Å²) >= 11 is 0. The minimum absolute atomic E-state index is 0.120. The topological polar surface area (TPSA) is 40.6 Å². The van der Waals surface area contributed by atoms with Gasteiger partial charge in [0.15, 0.2) is 0 Å². The zero-order valence-corrected chi connectivity index (χ0v) is 16.6. The summed E-state index contributed by atoms with van der Waals surface area (Å²) in [5, 5.41) is 0. The largest absolute Gasteiger partial charge is 0.343 e. The van der Waals surface area contributed by atoms with Crippen LogP contribution in [0.1, 0.15) is 65.2 Å². The molecule has 4 rings (SSSR count). The second kappa shape index (κ2) is 6.38. The molecule has 2 bridgehead atoms. The highest BCUT2D eigenvalue weighted by molar-refractivity contribution is 5.87. The summed E-state index contributed by atoms with van der Waals surface area (Å²) in [5.74, 6) is 1.98. The molecule has 4 nitrogen and oxygen atoms in total. The monoisotopic (exact) mass is 358 g/mol. The maximum atomic E-state index is 13.4. The normalized spacial score (nSPS) is 34.2. The molecule has 4 aliphatic rings. The van der Waals surface area contributed by atoms with Crippen LogP contribution in [0.4, 0.5) is 0 Å². The molecule has 4 fully saturated rings. The fourth-order valence-electron chi connectivity index (χ4n) is 6.13. The molecule has 26 heavy (non-hydrogen) atoms. The van der Waals surface area contributed by atoms with E-state index in [0.717, 1.165) is 71.1 Å². The minimum Gasteiger partial charge on any atom is -0.343 e. The molecule has 0 aromatic carbocycles. The number of amides is 2. The maximum absolute atomic E-state index is 13.4. The van der Waals surface area contributed by atoms with Crippen molar-refractivity contribution < 1.29 is 9.59 Å². The Kier molecular flexibility index (Phi) is 4.44. The molecule has 0 N–H and O–H groups in total. The second-order valence-corrected chi connectivity index (χ2v) is 9.73. The standard InChI is InChI=1S/C22H34N2O2/c1-16-21(2,3)18-6-10-22(16,15-18)20(26)24-13-8-17(9-14-24)7-12-23-11-4-5-19(23)25/h17-18H,1,4-15H2,2-3H3/t18-,22-/m1/s1. The Balaban J connectivity index is 1.31. The van der Waals surface area contributed by atoms with E-state index in [9.17, 15) is 9.59 Å². The van der Waals surface area contributed by atoms with E-state index in [1.165, 1.54) is 12.0 Å². The van der Waals surface area contributed by atoms with Crippen molar-refractivity contribution >= 4 is 11.8 Å². The number of nitrogens with zero attached hydrogens (tertiary/aromatic N) is 2. The fourth-order valence-corrected chi connectivity index (χ4v) is 6.13. The van der Waals surface area contributed by atoms with Crippen molar-refractivity contribution in [2.24, 2.45) is 22.7 Å². The van der Waals surface area contributed by atoms with Gasteiger partial charge in [0.1, 0.15) is 0 Å². The lowest BCUT2D eigenvalue weighted by Crippen LogP contribution is -2.47. The van der Waals surface area contributed by atoms with Crippen LogP contribution >= 0.6 is 0 Å². The number of carbonyl (C=O) groups is 2. The Labute approximate surface area is 158 Å². The van der Waals surface area contributed by atoms with Crippen molar-refractivity contribution in [2.75, 3.05) is 26.2 Å². The van der Waals surface area contributed by atoms with Gasteiger partial charge in [0, 0.05) is 32.6 Å². The lowest BCUT2D eigenvalue weighted by atomic mass is 9.68. The quantitative estimate of drug-likeness (QED) is 0.720. The highest BCUT2D eigenvalue weighted by atomic mass is 16.2. The third-order valence-electron chi connectivity index (χ3n) is 8.18. The molecule has 4 heteroatoms. The summed E-state index contributed by atoms with van der Waals surface area (Å²) in [7, 11) is 0. The zero-order valence-electron chi connectivity index (χ0n) is 16.6. The second-order valence-electron chi connectivity index (χ2n) is 9.73. The van der Waals surface area contributed by atoms with Gasteiger partial charge in [-0.25, -0.2) is 0 Å². The number of rotatable bonds is 4. The predicted octanol–water partition coefficient (Wildman–Crippen LogP) is 3.62. The summed E-state index contributed by atoms with van der Waals surface area (Å²) < 4.78 is 0. The Morgan fingerprint density at radius 1 is 1.19 bits per heavy atom. The van der Waals surface area contributed by atoms with E-state index in [1.807, 2.05) is 4.90 Å². The molecule has 144 valence electrons. The fraction of sp³-hybridized carbons (Fsp3) is 0.818. The molecule has 2 heterocycles. The Morgan fingerprint density at radius 2 is 1.92 bits per heavy atom. The highest BCUT2D eigenvalue weighted by Gasteiger charge is 2.61. The molecule has 2 atom stereocenters. The van der Waals surface area contributed by atoms with Crippen LogP contribution in [0.25, 0.3) is 0 Å². The molecule has 0 spiro atoms. The molecule has 0 radical (unpaired) electrons. The van der Waals surface area contributed by atoms with Crippen LogP contribution in [0.15, 0.2) is 12.2 Å². The van der Waals surface area contributed by atoms with Crippen molar-refractivity contribution in [2.45, 2.75) is 65.2 Å². The molecule has 0 aromatic heterocycles. The van der Waals surface area contributed by atoms with Gasteiger partial charge in [-0.05, 0) is 62.2 Å². The molecule has 2 saturated carbocycles. The molecule has 2 aliphatic carbocycles. The number of fused-ring (bicyclic) bond motifs is 2. The van der Waals surface area contributed by atoms with E-state index in [2.05, 4.69) is 25.3 Å². The first-order valence-corrected chi connectivity index (χ1v) is 10.6. The average molecular weight is 359 g/mol. The van der Waals surface area contributed by atoms with Crippen LogP contribution in [0, 0.1) is 22.7 Å². The van der Waals surface area contributed by atoms with Gasteiger partial charge in [-0.2, -0.15) is 0 Å². The van der Waals surface area contributed by atoms with E-state index in [-0.39, 0.29) is 10.8 Å². The number of hydrogen-bond acceptors (Lipinski definition) is 2. The van der Waals surface area contributed by atoms with Gasteiger partial charge in [-0.3, -0.25) is 9.59 Å². The summed E-state index contributed by atoms with van der Waals surface area (Å²) in [4.78, 5) is 29.3. The third-order valence-corrected chi connectivity index (χ3v) is 8.18. The van der Waals surface area contributed by atoms with Gasteiger partial charge in [0.05, 0.1) is 5.41 Å². The summed E-state index contributed by atoms with van der Waals surface area (Å²) in [6, 6.07) is 0. The van der Waals surface area contributed by atoms with Crippen LogP contribution in [0.2, 0.25) is 0 Å². The number of piperidine rings is 1. The van der Waals surface area contributed by atoms with Crippen LogP contribution in [0.5, 0.6) is 0 Å². The smallest absolute Gasteiger partial charge is 0.232 e. The van der Waals surface area contributed by atoms with E-state index in [1.54, 1.807) is 0 Å². The number of likely N-dealkylation sites (tertiary alicyclic amines) is 2. The van der Waals surface area contributed by atoms with Crippen LogP contribution in [-0.2, 0) is 9.59 Å². The Hall–Kier alpha value is -1.32. The summed E-state index contributed by atoms with van der Waals surface area (Å²) in [6.07, 6.45) is 8.24. The van der Waals surface area contributed by atoms with Crippen molar-refractivity contribution in [1.29, 1.82) is 0 Å². The van der Waals surface area contributed by atoms with Crippen LogP contribution < -0.4 is 0 Å². The molecule has 2 saturated heterocycles. The first-order chi connectivity index (χ1) is 12.3. The van der Waals surface area contributed by atoms with Gasteiger partial charge < -0.3 is 9.80 Å². The zero-order chi connectivity index (χ0) is 18.5. The predicted molar refractivity (Wildman–Crippen MR) is 102 cm³/mol. The maximum Gasteiger partial charge on any atom is 0.232 e. The minimum atomic E-state index is -0.261. The summed E-state index contributed by atoms with van der Waals surface area (Å²) in [6.45, 7) is 12.6. The van der Waals surface area contributed by atoms with Crippen LogP contribution in [-0.4, -0.2) is 47.8 Å². The van der Waals surface area contributed by atoms with Crippen molar-refractivity contribution in [3.8, 4) is 0 Å². The number of carbonyl (C=O) groups excluding carboxylic acids is 2. The molecular weight excluding hydrogens is 324 g/mol. The molecular formula is C22H34N2O2. The number of hydrogen-bond donors (Lipinski definition) is 0. The molecule has 0 unspecified atom stereocenters. The van der Waals surface area contributed by atoms with E-state index in [4.69, 9.17) is 0 Å². The van der Waals surface area contributed by atoms with Crippen molar-refractivity contribution in [3.05, 3.63) is 12.2 Å². The molecule has 2 aliphatic heterocycles. The third kappa shape index (κ3) is 2.71. The van der Waals surface area contributed by atoms with E-state index in [0.29, 0.717) is 23.7 Å². The van der Waals surface area contributed by atoms with Crippen molar-refractivity contribution in [3.63, 3.8) is 0 Å². The van der Waals surface area contributed by atoms with Gasteiger partial charge in [0.25, 0.3) is 0 Å². The Morgan fingerprint density at radius 3 is 2.50 bits per heavy atom. The van der Waals surface area contributed by atoms with Gasteiger partial charge >= 0.3 is 0 Å². The lowest BCUT2D eigenvalue weighted by molar-refractivity contribution is -0.141.